The quantitative estimate of drug-likeness (QED) is 0.737. The van der Waals surface area contributed by atoms with Crippen molar-refractivity contribution in [1.29, 1.82) is 0 Å². The molecule has 0 spiro atoms. The first-order valence-electron chi connectivity index (χ1n) is 8.64. The van der Waals surface area contributed by atoms with Gasteiger partial charge in [-0.2, -0.15) is 5.10 Å². The molecule has 3 aromatic rings. The molecule has 26 heavy (non-hydrogen) atoms. The zero-order chi connectivity index (χ0) is 17.7. The topological polar surface area (TPSA) is 99.3 Å². The molecule has 1 aliphatic carbocycles. The van der Waals surface area contributed by atoms with Gasteiger partial charge in [0.05, 0.1) is 24.5 Å². The highest BCUT2D eigenvalue weighted by Gasteiger charge is 2.29. The van der Waals surface area contributed by atoms with Crippen molar-refractivity contribution < 1.29 is 17.6 Å². The minimum absolute atomic E-state index is 0.0891. The summed E-state index contributed by atoms with van der Waals surface area (Å²) in [4.78, 5) is 4.59. The van der Waals surface area contributed by atoms with Crippen LogP contribution in [-0.2, 0) is 14.8 Å². The number of oxazole rings is 1. The zero-order valence-electron chi connectivity index (χ0n) is 14.0. The maximum absolute atomic E-state index is 12.6. The van der Waals surface area contributed by atoms with Crippen LogP contribution in [0.15, 0.2) is 39.9 Å². The van der Waals surface area contributed by atoms with Crippen LogP contribution >= 0.6 is 0 Å². The smallest absolute Gasteiger partial charge is 0.265 e. The number of sulfonamides is 1. The van der Waals surface area contributed by atoms with E-state index in [-0.39, 0.29) is 10.9 Å². The molecule has 0 bridgehead atoms. The third-order valence-corrected chi connectivity index (χ3v) is 6.09. The number of anilines is 1. The average molecular weight is 374 g/mol. The van der Waals surface area contributed by atoms with Crippen molar-refractivity contribution in [3.63, 3.8) is 0 Å². The molecular formula is C17H18N4O4S. The van der Waals surface area contributed by atoms with Crippen LogP contribution in [0.3, 0.4) is 0 Å². The van der Waals surface area contributed by atoms with E-state index in [1.165, 1.54) is 6.20 Å². The minimum atomic E-state index is -3.72. The Labute approximate surface area is 150 Å². The first-order chi connectivity index (χ1) is 12.6. The van der Waals surface area contributed by atoms with E-state index in [0.29, 0.717) is 35.9 Å². The van der Waals surface area contributed by atoms with Crippen LogP contribution in [0.2, 0.25) is 0 Å². The van der Waals surface area contributed by atoms with E-state index in [1.54, 1.807) is 29.1 Å². The van der Waals surface area contributed by atoms with Crippen molar-refractivity contribution in [1.82, 2.24) is 14.8 Å². The molecule has 1 saturated carbocycles. The number of hydrogen-bond acceptors (Lipinski definition) is 6. The first kappa shape index (κ1) is 15.8. The van der Waals surface area contributed by atoms with Crippen LogP contribution in [0.4, 0.5) is 5.69 Å². The molecule has 0 radical (unpaired) electrons. The average Bonchev–Trinajstić information content (AvgIpc) is 3.06. The lowest BCUT2D eigenvalue weighted by molar-refractivity contribution is 0.184. The standard InChI is InChI=1S/C17H18N4O4S/c22-26(23,14-8-18-21(9-14)13-5-6-24-10-13)20-12-3-4-16-15(7-12)19-17(25-16)11-1-2-11/h3-4,7-9,11,13,20H,1-2,5-6,10H2. The largest absolute Gasteiger partial charge is 0.440 e. The van der Waals surface area contributed by atoms with E-state index in [2.05, 4.69) is 14.8 Å². The highest BCUT2D eigenvalue weighted by atomic mass is 32.2. The summed E-state index contributed by atoms with van der Waals surface area (Å²) in [6.45, 7) is 1.23. The summed E-state index contributed by atoms with van der Waals surface area (Å²) in [6.07, 6.45) is 5.94. The van der Waals surface area contributed by atoms with Crippen LogP contribution in [0.1, 0.15) is 37.1 Å². The molecule has 1 atom stereocenters. The molecule has 9 heteroatoms. The summed E-state index contributed by atoms with van der Waals surface area (Å²) in [5.41, 5.74) is 1.78. The van der Waals surface area contributed by atoms with Crippen molar-refractivity contribution in [3.8, 4) is 0 Å². The second-order valence-corrected chi connectivity index (χ2v) is 8.47. The molecule has 0 amide bonds. The fraction of sp³-hybridized carbons (Fsp3) is 0.412. The molecule has 136 valence electrons. The van der Waals surface area contributed by atoms with E-state index < -0.39 is 10.0 Å². The number of nitrogens with zero attached hydrogens (tertiary/aromatic N) is 3. The summed E-state index contributed by atoms with van der Waals surface area (Å²) < 4.78 is 40.6. The second-order valence-electron chi connectivity index (χ2n) is 6.79. The molecular weight excluding hydrogens is 356 g/mol. The lowest BCUT2D eigenvalue weighted by Gasteiger charge is -2.07. The number of aromatic nitrogens is 3. The summed E-state index contributed by atoms with van der Waals surface area (Å²) in [6, 6.07) is 5.20. The van der Waals surface area contributed by atoms with E-state index in [0.717, 1.165) is 25.2 Å². The van der Waals surface area contributed by atoms with Gasteiger partial charge in [-0.25, -0.2) is 13.4 Å². The van der Waals surface area contributed by atoms with Crippen molar-refractivity contribution in [3.05, 3.63) is 36.5 Å². The SMILES string of the molecule is O=S(=O)(Nc1ccc2oc(C3CC3)nc2c1)c1cnn(C2CCOC2)c1. The van der Waals surface area contributed by atoms with Crippen molar-refractivity contribution in [2.45, 2.75) is 36.1 Å². The molecule has 5 rings (SSSR count). The van der Waals surface area contributed by atoms with Gasteiger partial charge < -0.3 is 9.15 Å². The van der Waals surface area contributed by atoms with Crippen molar-refractivity contribution in [2.24, 2.45) is 0 Å². The van der Waals surface area contributed by atoms with E-state index in [1.807, 2.05) is 0 Å². The number of benzene rings is 1. The van der Waals surface area contributed by atoms with Gasteiger partial charge in [0.1, 0.15) is 10.4 Å². The van der Waals surface area contributed by atoms with Gasteiger partial charge in [-0.3, -0.25) is 9.40 Å². The van der Waals surface area contributed by atoms with Crippen LogP contribution in [0.5, 0.6) is 0 Å². The monoisotopic (exact) mass is 374 g/mol. The fourth-order valence-electron chi connectivity index (χ4n) is 3.12. The van der Waals surface area contributed by atoms with Gasteiger partial charge >= 0.3 is 0 Å². The normalized spacial score (nSPS) is 20.7. The Bertz CT molecular complexity index is 1060. The Kier molecular flexibility index (Phi) is 3.54. The van der Waals surface area contributed by atoms with E-state index in [4.69, 9.17) is 9.15 Å². The Morgan fingerprint density at radius 3 is 2.88 bits per heavy atom. The van der Waals surface area contributed by atoms with Gasteiger partial charge in [-0.15, -0.1) is 0 Å². The first-order valence-corrected chi connectivity index (χ1v) is 10.1. The summed E-state index contributed by atoms with van der Waals surface area (Å²) >= 11 is 0. The molecule has 2 fully saturated rings. The molecule has 2 aromatic heterocycles. The molecule has 1 aliphatic heterocycles. The predicted octanol–water partition coefficient (Wildman–Crippen LogP) is 2.66. The minimum Gasteiger partial charge on any atom is -0.440 e. The molecule has 8 nitrogen and oxygen atoms in total. The Hall–Kier alpha value is -2.39. The van der Waals surface area contributed by atoms with Crippen LogP contribution in [-0.4, -0.2) is 36.4 Å². The number of nitrogens with one attached hydrogen (secondary N) is 1. The number of hydrogen-bond donors (Lipinski definition) is 1. The fourth-order valence-corrected chi connectivity index (χ4v) is 4.11. The number of rotatable bonds is 5. The maximum atomic E-state index is 12.6. The van der Waals surface area contributed by atoms with Crippen molar-refractivity contribution >= 4 is 26.8 Å². The maximum Gasteiger partial charge on any atom is 0.265 e. The second kappa shape index (κ2) is 5.82. The highest BCUT2D eigenvalue weighted by Crippen LogP contribution is 2.40. The van der Waals surface area contributed by atoms with E-state index >= 15 is 0 Å². The van der Waals surface area contributed by atoms with Gasteiger partial charge in [0.25, 0.3) is 10.0 Å². The molecule has 3 heterocycles. The highest BCUT2D eigenvalue weighted by molar-refractivity contribution is 7.92. The molecule has 2 aliphatic rings. The number of ether oxygens (including phenoxy) is 1. The molecule has 1 N–H and O–H groups in total. The van der Waals surface area contributed by atoms with Gasteiger partial charge in [-0.1, -0.05) is 0 Å². The molecule has 1 aromatic carbocycles. The summed E-state index contributed by atoms with van der Waals surface area (Å²) in [5.74, 6) is 1.15. The molecule has 1 unspecified atom stereocenters. The Morgan fingerprint density at radius 2 is 2.12 bits per heavy atom. The summed E-state index contributed by atoms with van der Waals surface area (Å²) in [5, 5.41) is 4.18. The van der Waals surface area contributed by atoms with Gasteiger partial charge in [0, 0.05) is 18.7 Å². The Balaban J connectivity index is 1.39. The zero-order valence-corrected chi connectivity index (χ0v) is 14.8. The molecule has 1 saturated heterocycles. The van der Waals surface area contributed by atoms with Crippen LogP contribution in [0.25, 0.3) is 11.1 Å². The Morgan fingerprint density at radius 1 is 1.23 bits per heavy atom. The summed E-state index contributed by atoms with van der Waals surface area (Å²) in [7, 11) is -3.72. The van der Waals surface area contributed by atoms with Crippen molar-refractivity contribution in [2.75, 3.05) is 17.9 Å². The third kappa shape index (κ3) is 2.86. The third-order valence-electron chi connectivity index (χ3n) is 4.75. The van der Waals surface area contributed by atoms with E-state index in [9.17, 15) is 8.42 Å². The van der Waals surface area contributed by atoms with Gasteiger partial charge in [0.2, 0.25) is 0 Å². The van der Waals surface area contributed by atoms with Gasteiger partial charge in [0.15, 0.2) is 11.5 Å². The number of fused-ring (bicyclic) bond motifs is 1. The van der Waals surface area contributed by atoms with Gasteiger partial charge in [-0.05, 0) is 37.5 Å². The van der Waals surface area contributed by atoms with Crippen LogP contribution < -0.4 is 4.72 Å². The lowest BCUT2D eigenvalue weighted by Crippen LogP contribution is -2.13. The lowest BCUT2D eigenvalue weighted by atomic mass is 10.3. The predicted molar refractivity (Wildman–Crippen MR) is 93.5 cm³/mol. The van der Waals surface area contributed by atoms with Crippen LogP contribution in [0, 0.1) is 0 Å².